The molecule has 1 aromatic carbocycles. The van der Waals surface area contributed by atoms with Crippen LogP contribution >= 0.6 is 11.8 Å². The quantitative estimate of drug-likeness (QED) is 0.805. The van der Waals surface area contributed by atoms with Gasteiger partial charge >= 0.3 is 0 Å². The third-order valence-electron chi connectivity index (χ3n) is 3.67. The zero-order chi connectivity index (χ0) is 11.7. The van der Waals surface area contributed by atoms with Gasteiger partial charge in [0.05, 0.1) is 5.92 Å². The first-order valence-corrected chi connectivity index (χ1v) is 7.18. The molecule has 90 valence electrons. The fraction of sp³-hybridized carbons (Fsp3) is 0.500. The maximum absolute atomic E-state index is 12.5. The van der Waals surface area contributed by atoms with Gasteiger partial charge in [-0.3, -0.25) is 4.79 Å². The average Bonchev–Trinajstić information content (AvgIpc) is 2.83. The van der Waals surface area contributed by atoms with E-state index in [1.54, 1.807) is 0 Å². The fourth-order valence-corrected chi connectivity index (χ4v) is 3.91. The van der Waals surface area contributed by atoms with Gasteiger partial charge in [0.1, 0.15) is 5.78 Å². The summed E-state index contributed by atoms with van der Waals surface area (Å²) in [6.07, 6.45) is 1.81. The van der Waals surface area contributed by atoms with Gasteiger partial charge in [0.25, 0.3) is 0 Å². The Hall–Kier alpha value is -0.800. The number of ketones is 1. The standard InChI is InChI=1S/C14H16O2S/c15-14(10-5-7-16-8-6-10)12-9-17-13-4-2-1-3-11(12)13/h1-4,10,12H,5-9H2. The van der Waals surface area contributed by atoms with E-state index >= 15 is 0 Å². The summed E-state index contributed by atoms with van der Waals surface area (Å²) >= 11 is 1.82. The Morgan fingerprint density at radius 3 is 2.82 bits per heavy atom. The third kappa shape index (κ3) is 2.14. The molecule has 2 nitrogen and oxygen atoms in total. The molecular weight excluding hydrogens is 232 g/mol. The normalized spacial score (nSPS) is 24.6. The van der Waals surface area contributed by atoms with Gasteiger partial charge in [0, 0.05) is 29.8 Å². The van der Waals surface area contributed by atoms with E-state index in [9.17, 15) is 4.79 Å². The van der Waals surface area contributed by atoms with Crippen molar-refractivity contribution in [3.63, 3.8) is 0 Å². The largest absolute Gasteiger partial charge is 0.381 e. The molecule has 1 fully saturated rings. The first-order valence-electron chi connectivity index (χ1n) is 6.19. The summed E-state index contributed by atoms with van der Waals surface area (Å²) in [5, 5.41) is 0. The summed E-state index contributed by atoms with van der Waals surface area (Å²) < 4.78 is 5.32. The minimum Gasteiger partial charge on any atom is -0.381 e. The number of hydrogen-bond donors (Lipinski definition) is 0. The van der Waals surface area contributed by atoms with Crippen molar-refractivity contribution in [1.29, 1.82) is 0 Å². The van der Waals surface area contributed by atoms with E-state index in [0.717, 1.165) is 31.8 Å². The Balaban J connectivity index is 1.79. The molecule has 2 aliphatic rings. The minimum atomic E-state index is 0.124. The van der Waals surface area contributed by atoms with Gasteiger partial charge in [-0.25, -0.2) is 0 Å². The molecule has 17 heavy (non-hydrogen) atoms. The van der Waals surface area contributed by atoms with Gasteiger partial charge < -0.3 is 4.74 Å². The molecule has 1 saturated heterocycles. The van der Waals surface area contributed by atoms with E-state index in [1.807, 2.05) is 23.9 Å². The van der Waals surface area contributed by atoms with E-state index < -0.39 is 0 Å². The molecule has 1 atom stereocenters. The number of benzene rings is 1. The predicted molar refractivity (Wildman–Crippen MR) is 68.5 cm³/mol. The number of fused-ring (bicyclic) bond motifs is 1. The van der Waals surface area contributed by atoms with Crippen LogP contribution in [0.5, 0.6) is 0 Å². The minimum absolute atomic E-state index is 0.124. The Bertz CT molecular complexity index is 424. The van der Waals surface area contributed by atoms with Crippen molar-refractivity contribution in [1.82, 2.24) is 0 Å². The fourth-order valence-electron chi connectivity index (χ4n) is 2.66. The van der Waals surface area contributed by atoms with Crippen LogP contribution in [-0.2, 0) is 9.53 Å². The topological polar surface area (TPSA) is 26.3 Å². The monoisotopic (exact) mass is 248 g/mol. The molecule has 0 aliphatic carbocycles. The molecule has 3 rings (SSSR count). The number of thioether (sulfide) groups is 1. The van der Waals surface area contributed by atoms with Crippen molar-refractivity contribution in [2.45, 2.75) is 23.7 Å². The molecule has 1 unspecified atom stereocenters. The van der Waals surface area contributed by atoms with Crippen LogP contribution in [0.1, 0.15) is 24.3 Å². The highest BCUT2D eigenvalue weighted by atomic mass is 32.2. The number of ether oxygens (including phenoxy) is 1. The van der Waals surface area contributed by atoms with Crippen LogP contribution in [0.2, 0.25) is 0 Å². The lowest BCUT2D eigenvalue weighted by atomic mass is 9.85. The number of hydrogen-bond acceptors (Lipinski definition) is 3. The van der Waals surface area contributed by atoms with Crippen LogP contribution in [-0.4, -0.2) is 24.7 Å². The third-order valence-corrected chi connectivity index (χ3v) is 4.85. The van der Waals surface area contributed by atoms with Crippen molar-refractivity contribution in [2.75, 3.05) is 19.0 Å². The van der Waals surface area contributed by atoms with E-state index in [2.05, 4.69) is 12.1 Å². The maximum atomic E-state index is 12.5. The summed E-state index contributed by atoms with van der Waals surface area (Å²) in [7, 11) is 0. The van der Waals surface area contributed by atoms with Crippen molar-refractivity contribution in [3.8, 4) is 0 Å². The molecule has 0 bridgehead atoms. The second-order valence-electron chi connectivity index (χ2n) is 4.69. The summed E-state index contributed by atoms with van der Waals surface area (Å²) in [6.45, 7) is 1.50. The highest BCUT2D eigenvalue weighted by molar-refractivity contribution is 7.99. The van der Waals surface area contributed by atoms with Gasteiger partial charge in [-0.2, -0.15) is 0 Å². The second-order valence-corrected chi connectivity index (χ2v) is 5.75. The Morgan fingerprint density at radius 2 is 2.00 bits per heavy atom. The predicted octanol–water partition coefficient (Wildman–Crippen LogP) is 2.87. The van der Waals surface area contributed by atoms with E-state index in [0.29, 0.717) is 5.78 Å². The first-order chi connectivity index (χ1) is 8.36. The smallest absolute Gasteiger partial charge is 0.144 e. The van der Waals surface area contributed by atoms with E-state index in [-0.39, 0.29) is 11.8 Å². The van der Waals surface area contributed by atoms with E-state index in [4.69, 9.17) is 4.74 Å². The van der Waals surface area contributed by atoms with E-state index in [1.165, 1.54) is 10.5 Å². The first kappa shape index (κ1) is 11.3. The van der Waals surface area contributed by atoms with Crippen LogP contribution in [0.3, 0.4) is 0 Å². The highest BCUT2D eigenvalue weighted by Crippen LogP contribution is 2.41. The van der Waals surface area contributed by atoms with Crippen LogP contribution < -0.4 is 0 Å². The molecule has 2 aliphatic heterocycles. The summed E-state index contributed by atoms with van der Waals surface area (Å²) in [5.74, 6) is 1.71. The highest BCUT2D eigenvalue weighted by Gasteiger charge is 2.33. The van der Waals surface area contributed by atoms with Crippen molar-refractivity contribution < 1.29 is 9.53 Å². The second kappa shape index (κ2) is 4.83. The summed E-state index contributed by atoms with van der Waals surface area (Å²) in [5.41, 5.74) is 1.24. The zero-order valence-corrected chi connectivity index (χ0v) is 10.5. The molecule has 3 heteroatoms. The SMILES string of the molecule is O=C(C1CCOCC1)C1CSc2ccccc21. The van der Waals surface area contributed by atoms with Crippen molar-refractivity contribution in [3.05, 3.63) is 29.8 Å². The molecule has 2 heterocycles. The Kier molecular flexibility index (Phi) is 3.21. The average molecular weight is 248 g/mol. The Labute approximate surface area is 106 Å². The summed E-state index contributed by atoms with van der Waals surface area (Å²) in [6, 6.07) is 8.32. The molecule has 0 N–H and O–H groups in total. The van der Waals surface area contributed by atoms with Gasteiger partial charge in [-0.1, -0.05) is 18.2 Å². The number of carbonyl (C=O) groups is 1. The molecule has 0 spiro atoms. The molecule has 0 saturated carbocycles. The lowest BCUT2D eigenvalue weighted by Gasteiger charge is -2.23. The van der Waals surface area contributed by atoms with Crippen molar-refractivity contribution >= 4 is 17.5 Å². The maximum Gasteiger partial charge on any atom is 0.144 e. The van der Waals surface area contributed by atoms with Gasteiger partial charge in [-0.05, 0) is 24.5 Å². The van der Waals surface area contributed by atoms with Gasteiger partial charge in [-0.15, -0.1) is 11.8 Å². The molecule has 0 radical (unpaired) electrons. The zero-order valence-electron chi connectivity index (χ0n) is 9.72. The number of rotatable bonds is 2. The van der Waals surface area contributed by atoms with Gasteiger partial charge in [0.15, 0.2) is 0 Å². The van der Waals surface area contributed by atoms with Crippen molar-refractivity contribution in [2.24, 2.45) is 5.92 Å². The van der Waals surface area contributed by atoms with Crippen LogP contribution in [0.15, 0.2) is 29.2 Å². The van der Waals surface area contributed by atoms with Crippen LogP contribution in [0, 0.1) is 5.92 Å². The summed E-state index contributed by atoms with van der Waals surface area (Å²) in [4.78, 5) is 13.8. The van der Waals surface area contributed by atoms with Crippen LogP contribution in [0.25, 0.3) is 0 Å². The molecule has 1 aromatic rings. The number of carbonyl (C=O) groups excluding carboxylic acids is 1. The number of Topliss-reactive ketones (excluding diaryl/α,β-unsaturated/α-hetero) is 1. The van der Waals surface area contributed by atoms with Gasteiger partial charge in [0.2, 0.25) is 0 Å². The Morgan fingerprint density at radius 1 is 1.24 bits per heavy atom. The molecule has 0 aromatic heterocycles. The lowest BCUT2D eigenvalue weighted by Crippen LogP contribution is -2.28. The molecule has 0 amide bonds. The lowest BCUT2D eigenvalue weighted by molar-refractivity contribution is -0.126. The van der Waals surface area contributed by atoms with Crippen LogP contribution in [0.4, 0.5) is 0 Å². The molecular formula is C14H16O2S.